The molecule has 0 radical (unpaired) electrons. The second-order valence-electron chi connectivity index (χ2n) is 3.38. The minimum absolute atomic E-state index is 0.194. The number of carbonyl (C=O) groups is 1. The van der Waals surface area contributed by atoms with Crippen LogP contribution in [-0.2, 0) is 4.79 Å². The average Bonchev–Trinajstić information content (AvgIpc) is 2.38. The maximum absolute atomic E-state index is 10.4. The summed E-state index contributed by atoms with van der Waals surface area (Å²) in [6, 6.07) is 7.06. The number of pyridine rings is 1. The molecule has 7 nitrogen and oxygen atoms in total. The standard InChI is InChI=1S/C11H11N5O2/c17-11(18)6-13-9-5-10(15-7-14-9)16-8-3-1-2-4-12-8/h1-5,7H,6H2,(H,17,18)(H2,12,13,14,15,16). The average molecular weight is 245 g/mol. The van der Waals surface area contributed by atoms with E-state index < -0.39 is 5.97 Å². The molecule has 0 saturated heterocycles. The van der Waals surface area contributed by atoms with E-state index in [4.69, 9.17) is 5.11 Å². The van der Waals surface area contributed by atoms with Gasteiger partial charge in [0.2, 0.25) is 0 Å². The smallest absolute Gasteiger partial charge is 0.322 e. The maximum atomic E-state index is 10.4. The molecule has 7 heteroatoms. The normalized spacial score (nSPS) is 9.78. The topological polar surface area (TPSA) is 100 Å². The van der Waals surface area contributed by atoms with E-state index in [9.17, 15) is 4.79 Å². The first-order valence-electron chi connectivity index (χ1n) is 5.20. The fraction of sp³-hybridized carbons (Fsp3) is 0.0909. The van der Waals surface area contributed by atoms with Gasteiger partial charge in [-0.2, -0.15) is 0 Å². The van der Waals surface area contributed by atoms with E-state index in [-0.39, 0.29) is 6.54 Å². The molecule has 0 fully saturated rings. The molecule has 0 spiro atoms. The molecule has 0 aliphatic heterocycles. The molecule has 2 rings (SSSR count). The first-order valence-corrected chi connectivity index (χ1v) is 5.20. The van der Waals surface area contributed by atoms with E-state index in [0.717, 1.165) is 0 Å². The Morgan fingerprint density at radius 2 is 2.00 bits per heavy atom. The van der Waals surface area contributed by atoms with Gasteiger partial charge in [-0.1, -0.05) is 6.07 Å². The van der Waals surface area contributed by atoms with Crippen LogP contribution in [0.2, 0.25) is 0 Å². The van der Waals surface area contributed by atoms with Gasteiger partial charge in [-0.15, -0.1) is 0 Å². The highest BCUT2D eigenvalue weighted by atomic mass is 16.4. The summed E-state index contributed by atoms with van der Waals surface area (Å²) in [5.74, 6) is 0.677. The molecule has 2 aromatic heterocycles. The summed E-state index contributed by atoms with van der Waals surface area (Å²) in [5, 5.41) is 14.2. The van der Waals surface area contributed by atoms with Crippen molar-refractivity contribution in [2.75, 3.05) is 17.2 Å². The third-order valence-corrected chi connectivity index (χ3v) is 2.01. The summed E-state index contributed by atoms with van der Waals surface area (Å²) < 4.78 is 0. The Hall–Kier alpha value is -2.70. The monoisotopic (exact) mass is 245 g/mol. The van der Waals surface area contributed by atoms with Crippen LogP contribution in [0.5, 0.6) is 0 Å². The van der Waals surface area contributed by atoms with Crippen molar-refractivity contribution in [3.8, 4) is 0 Å². The molecule has 0 atom stereocenters. The molecular formula is C11H11N5O2. The third kappa shape index (κ3) is 3.41. The third-order valence-electron chi connectivity index (χ3n) is 2.01. The Morgan fingerprint density at radius 3 is 2.72 bits per heavy atom. The van der Waals surface area contributed by atoms with Gasteiger partial charge in [0.15, 0.2) is 0 Å². The van der Waals surface area contributed by atoms with Crippen molar-refractivity contribution in [3.63, 3.8) is 0 Å². The Balaban J connectivity index is 2.05. The number of aromatic nitrogens is 3. The highest BCUT2D eigenvalue weighted by Crippen LogP contribution is 2.13. The van der Waals surface area contributed by atoms with Crippen LogP contribution < -0.4 is 10.6 Å². The molecule has 0 amide bonds. The lowest BCUT2D eigenvalue weighted by atomic mass is 10.4. The molecule has 0 bridgehead atoms. The van der Waals surface area contributed by atoms with Crippen molar-refractivity contribution in [3.05, 3.63) is 36.8 Å². The van der Waals surface area contributed by atoms with E-state index in [1.165, 1.54) is 6.33 Å². The molecule has 0 aliphatic carbocycles. The number of rotatable bonds is 5. The van der Waals surface area contributed by atoms with E-state index in [1.807, 2.05) is 12.1 Å². The molecule has 0 unspecified atom stereocenters. The Morgan fingerprint density at radius 1 is 1.17 bits per heavy atom. The number of nitrogens with one attached hydrogen (secondary N) is 2. The number of nitrogens with zero attached hydrogens (tertiary/aromatic N) is 3. The highest BCUT2D eigenvalue weighted by molar-refractivity contribution is 5.72. The van der Waals surface area contributed by atoms with Crippen LogP contribution in [0.25, 0.3) is 0 Å². The molecule has 3 N–H and O–H groups in total. The number of carboxylic acids is 1. The Bertz CT molecular complexity index is 532. The van der Waals surface area contributed by atoms with Crippen molar-refractivity contribution >= 4 is 23.4 Å². The van der Waals surface area contributed by atoms with Crippen LogP contribution in [0.15, 0.2) is 36.8 Å². The summed E-state index contributed by atoms with van der Waals surface area (Å²) in [7, 11) is 0. The maximum Gasteiger partial charge on any atom is 0.322 e. The molecule has 2 aromatic rings. The van der Waals surface area contributed by atoms with Crippen LogP contribution in [-0.4, -0.2) is 32.6 Å². The summed E-state index contributed by atoms with van der Waals surface area (Å²) in [5.41, 5.74) is 0. The zero-order valence-corrected chi connectivity index (χ0v) is 9.37. The van der Waals surface area contributed by atoms with Crippen LogP contribution in [0.3, 0.4) is 0 Å². The highest BCUT2D eigenvalue weighted by Gasteiger charge is 2.01. The van der Waals surface area contributed by atoms with Gasteiger partial charge in [0, 0.05) is 12.3 Å². The minimum Gasteiger partial charge on any atom is -0.480 e. The molecule has 92 valence electrons. The van der Waals surface area contributed by atoms with Crippen molar-refractivity contribution in [1.82, 2.24) is 15.0 Å². The Labute approximate surface area is 103 Å². The SMILES string of the molecule is O=C(O)CNc1cc(Nc2ccccn2)ncn1. The van der Waals surface area contributed by atoms with E-state index in [2.05, 4.69) is 25.6 Å². The minimum atomic E-state index is -0.951. The molecule has 0 aliphatic rings. The van der Waals surface area contributed by atoms with Gasteiger partial charge in [0.1, 0.15) is 30.3 Å². The van der Waals surface area contributed by atoms with Crippen LogP contribution in [0, 0.1) is 0 Å². The van der Waals surface area contributed by atoms with Gasteiger partial charge in [0.25, 0.3) is 0 Å². The van der Waals surface area contributed by atoms with E-state index in [0.29, 0.717) is 17.5 Å². The van der Waals surface area contributed by atoms with Crippen LogP contribution in [0.1, 0.15) is 0 Å². The predicted octanol–water partition coefficient (Wildman–Crippen LogP) is 1.11. The summed E-state index contributed by atoms with van der Waals surface area (Å²) in [6.07, 6.45) is 3.00. The fourth-order valence-corrected chi connectivity index (χ4v) is 1.26. The lowest BCUT2D eigenvalue weighted by Gasteiger charge is -2.06. The molecule has 18 heavy (non-hydrogen) atoms. The molecule has 0 saturated carbocycles. The van der Waals surface area contributed by atoms with Gasteiger partial charge >= 0.3 is 5.97 Å². The van der Waals surface area contributed by atoms with Crippen LogP contribution >= 0.6 is 0 Å². The van der Waals surface area contributed by atoms with Gasteiger partial charge in [-0.25, -0.2) is 15.0 Å². The van der Waals surface area contributed by atoms with Crippen molar-refractivity contribution < 1.29 is 9.90 Å². The predicted molar refractivity (Wildman–Crippen MR) is 65.7 cm³/mol. The van der Waals surface area contributed by atoms with Gasteiger partial charge in [-0.05, 0) is 12.1 Å². The van der Waals surface area contributed by atoms with Crippen molar-refractivity contribution in [1.29, 1.82) is 0 Å². The number of hydrogen-bond donors (Lipinski definition) is 3. The summed E-state index contributed by atoms with van der Waals surface area (Å²) in [4.78, 5) is 22.4. The summed E-state index contributed by atoms with van der Waals surface area (Å²) in [6.45, 7) is -0.194. The second-order valence-corrected chi connectivity index (χ2v) is 3.38. The van der Waals surface area contributed by atoms with Gasteiger partial charge in [0.05, 0.1) is 0 Å². The number of carboxylic acid groups (broad SMARTS) is 1. The Kier molecular flexibility index (Phi) is 3.65. The lowest BCUT2D eigenvalue weighted by molar-refractivity contribution is -0.134. The molecule has 0 aromatic carbocycles. The lowest BCUT2D eigenvalue weighted by Crippen LogP contribution is -2.13. The number of anilines is 3. The first-order chi connectivity index (χ1) is 8.74. The molecule has 2 heterocycles. The number of aliphatic carboxylic acids is 1. The second kappa shape index (κ2) is 5.58. The zero-order valence-electron chi connectivity index (χ0n) is 9.37. The van der Waals surface area contributed by atoms with E-state index >= 15 is 0 Å². The summed E-state index contributed by atoms with van der Waals surface area (Å²) >= 11 is 0. The number of hydrogen-bond acceptors (Lipinski definition) is 6. The molecular weight excluding hydrogens is 234 g/mol. The van der Waals surface area contributed by atoms with Crippen LogP contribution in [0.4, 0.5) is 17.5 Å². The fourth-order valence-electron chi connectivity index (χ4n) is 1.26. The zero-order chi connectivity index (χ0) is 12.8. The largest absolute Gasteiger partial charge is 0.480 e. The first kappa shape index (κ1) is 11.8. The van der Waals surface area contributed by atoms with E-state index in [1.54, 1.807) is 18.3 Å². The van der Waals surface area contributed by atoms with Crippen molar-refractivity contribution in [2.45, 2.75) is 0 Å². The van der Waals surface area contributed by atoms with Gasteiger partial charge in [-0.3, -0.25) is 4.79 Å². The quantitative estimate of drug-likeness (QED) is 0.725. The van der Waals surface area contributed by atoms with Gasteiger partial charge < -0.3 is 15.7 Å². The van der Waals surface area contributed by atoms with Crippen molar-refractivity contribution in [2.24, 2.45) is 0 Å².